The Morgan fingerprint density at radius 3 is 2.25 bits per heavy atom. The second-order valence-electron chi connectivity index (χ2n) is 5.69. The standard InChI is InChI=1S/C16H31NO3/c1-5-14(6-2)17-15(18)10-7-11-16(19)20-12-8-9-13(3)4/h13-14H,5-12H2,1-4H3,(H,17,18). The van der Waals surface area contributed by atoms with E-state index in [0.717, 1.165) is 25.7 Å². The second-order valence-corrected chi connectivity index (χ2v) is 5.69. The summed E-state index contributed by atoms with van der Waals surface area (Å²) < 4.78 is 5.13. The van der Waals surface area contributed by atoms with E-state index in [-0.39, 0.29) is 17.9 Å². The molecule has 0 heterocycles. The van der Waals surface area contributed by atoms with Crippen LogP contribution in [0.25, 0.3) is 0 Å². The smallest absolute Gasteiger partial charge is 0.305 e. The van der Waals surface area contributed by atoms with Gasteiger partial charge in [-0.2, -0.15) is 0 Å². The Kier molecular flexibility index (Phi) is 11.1. The van der Waals surface area contributed by atoms with Crippen LogP contribution in [0.5, 0.6) is 0 Å². The van der Waals surface area contributed by atoms with Gasteiger partial charge in [0.15, 0.2) is 0 Å². The van der Waals surface area contributed by atoms with E-state index in [4.69, 9.17) is 4.74 Å². The lowest BCUT2D eigenvalue weighted by atomic mass is 10.1. The van der Waals surface area contributed by atoms with Gasteiger partial charge in [0.25, 0.3) is 0 Å². The van der Waals surface area contributed by atoms with Crippen molar-refractivity contribution in [3.63, 3.8) is 0 Å². The zero-order valence-corrected chi connectivity index (χ0v) is 13.5. The molecular weight excluding hydrogens is 254 g/mol. The molecule has 0 aromatic carbocycles. The maximum absolute atomic E-state index is 11.6. The number of esters is 1. The average Bonchev–Trinajstić information content (AvgIpc) is 2.40. The maximum Gasteiger partial charge on any atom is 0.305 e. The molecule has 0 aromatic rings. The van der Waals surface area contributed by atoms with E-state index >= 15 is 0 Å². The van der Waals surface area contributed by atoms with Gasteiger partial charge in [-0.05, 0) is 38.0 Å². The van der Waals surface area contributed by atoms with Crippen molar-refractivity contribution < 1.29 is 14.3 Å². The van der Waals surface area contributed by atoms with Crippen molar-refractivity contribution in [2.75, 3.05) is 6.61 Å². The third-order valence-electron chi connectivity index (χ3n) is 3.32. The molecular formula is C16H31NO3. The molecule has 0 aliphatic carbocycles. The second kappa shape index (κ2) is 11.7. The highest BCUT2D eigenvalue weighted by Gasteiger charge is 2.09. The van der Waals surface area contributed by atoms with Crippen LogP contribution in [0.1, 0.15) is 72.6 Å². The van der Waals surface area contributed by atoms with Crippen molar-refractivity contribution >= 4 is 11.9 Å². The number of nitrogens with one attached hydrogen (secondary N) is 1. The predicted octanol–water partition coefficient (Wildman–Crippen LogP) is 3.44. The zero-order valence-electron chi connectivity index (χ0n) is 13.5. The van der Waals surface area contributed by atoms with Gasteiger partial charge in [-0.15, -0.1) is 0 Å². The van der Waals surface area contributed by atoms with Gasteiger partial charge in [-0.3, -0.25) is 9.59 Å². The summed E-state index contributed by atoms with van der Waals surface area (Å²) in [7, 11) is 0. The molecule has 118 valence electrons. The zero-order chi connectivity index (χ0) is 15.4. The van der Waals surface area contributed by atoms with E-state index in [1.165, 1.54) is 0 Å². The number of carbonyl (C=O) groups is 2. The van der Waals surface area contributed by atoms with Gasteiger partial charge in [0.05, 0.1) is 6.61 Å². The molecule has 0 unspecified atom stereocenters. The first-order valence-electron chi connectivity index (χ1n) is 7.94. The van der Waals surface area contributed by atoms with Crippen LogP contribution in [-0.4, -0.2) is 24.5 Å². The first-order chi connectivity index (χ1) is 9.49. The minimum Gasteiger partial charge on any atom is -0.466 e. The summed E-state index contributed by atoms with van der Waals surface area (Å²) >= 11 is 0. The van der Waals surface area contributed by atoms with E-state index in [0.29, 0.717) is 31.8 Å². The monoisotopic (exact) mass is 285 g/mol. The summed E-state index contributed by atoms with van der Waals surface area (Å²) in [6.45, 7) is 8.92. The van der Waals surface area contributed by atoms with Gasteiger partial charge >= 0.3 is 5.97 Å². The molecule has 0 aliphatic rings. The van der Waals surface area contributed by atoms with Crippen molar-refractivity contribution in [1.82, 2.24) is 5.32 Å². The lowest BCUT2D eigenvalue weighted by Crippen LogP contribution is -2.33. The van der Waals surface area contributed by atoms with Gasteiger partial charge < -0.3 is 10.1 Å². The van der Waals surface area contributed by atoms with Crippen molar-refractivity contribution in [3.8, 4) is 0 Å². The summed E-state index contributed by atoms with van der Waals surface area (Å²) in [6, 6.07) is 0.255. The number of amides is 1. The molecule has 0 aromatic heterocycles. The molecule has 0 atom stereocenters. The Morgan fingerprint density at radius 2 is 1.70 bits per heavy atom. The Morgan fingerprint density at radius 1 is 1.05 bits per heavy atom. The van der Waals surface area contributed by atoms with Gasteiger partial charge in [0.1, 0.15) is 0 Å². The molecule has 1 N–H and O–H groups in total. The highest BCUT2D eigenvalue weighted by Crippen LogP contribution is 2.05. The van der Waals surface area contributed by atoms with Crippen LogP contribution in [0.2, 0.25) is 0 Å². The quantitative estimate of drug-likeness (QED) is 0.467. The summed E-state index contributed by atoms with van der Waals surface area (Å²) in [6.07, 6.45) is 5.18. The fourth-order valence-corrected chi connectivity index (χ4v) is 1.94. The van der Waals surface area contributed by atoms with Crippen LogP contribution < -0.4 is 5.32 Å². The van der Waals surface area contributed by atoms with Crippen LogP contribution in [0.4, 0.5) is 0 Å². The molecule has 0 aliphatic heterocycles. The molecule has 0 rings (SSSR count). The molecule has 4 heteroatoms. The fourth-order valence-electron chi connectivity index (χ4n) is 1.94. The van der Waals surface area contributed by atoms with Crippen LogP contribution in [-0.2, 0) is 14.3 Å². The number of ether oxygens (including phenoxy) is 1. The largest absolute Gasteiger partial charge is 0.466 e. The maximum atomic E-state index is 11.6. The van der Waals surface area contributed by atoms with E-state index in [2.05, 4.69) is 33.0 Å². The van der Waals surface area contributed by atoms with Gasteiger partial charge in [-0.25, -0.2) is 0 Å². The highest BCUT2D eigenvalue weighted by molar-refractivity contribution is 5.77. The van der Waals surface area contributed by atoms with Gasteiger partial charge in [0.2, 0.25) is 5.91 Å². The summed E-state index contributed by atoms with van der Waals surface area (Å²) in [5, 5.41) is 2.96. The normalized spacial score (nSPS) is 10.9. The van der Waals surface area contributed by atoms with E-state index in [9.17, 15) is 9.59 Å². The lowest BCUT2D eigenvalue weighted by molar-refractivity contribution is -0.144. The van der Waals surface area contributed by atoms with Crippen LogP contribution in [0.15, 0.2) is 0 Å². The Bertz CT molecular complexity index is 273. The SMILES string of the molecule is CCC(CC)NC(=O)CCCC(=O)OCCCC(C)C. The number of rotatable bonds is 11. The van der Waals surface area contributed by atoms with Crippen LogP contribution >= 0.6 is 0 Å². The minimum absolute atomic E-state index is 0.0336. The molecule has 0 radical (unpaired) electrons. The van der Waals surface area contributed by atoms with Crippen molar-refractivity contribution in [3.05, 3.63) is 0 Å². The molecule has 20 heavy (non-hydrogen) atoms. The number of hydrogen-bond donors (Lipinski definition) is 1. The Labute approximate surface area is 123 Å². The third kappa shape index (κ3) is 10.8. The lowest BCUT2D eigenvalue weighted by Gasteiger charge is -2.14. The van der Waals surface area contributed by atoms with Gasteiger partial charge in [-0.1, -0.05) is 27.7 Å². The van der Waals surface area contributed by atoms with E-state index in [1.807, 2.05) is 0 Å². The molecule has 0 saturated heterocycles. The first kappa shape index (κ1) is 18.9. The molecule has 4 nitrogen and oxygen atoms in total. The molecule has 0 bridgehead atoms. The summed E-state index contributed by atoms with van der Waals surface area (Å²) in [4.78, 5) is 23.1. The minimum atomic E-state index is -0.191. The molecule has 1 amide bonds. The fraction of sp³-hybridized carbons (Fsp3) is 0.875. The first-order valence-corrected chi connectivity index (χ1v) is 7.94. The third-order valence-corrected chi connectivity index (χ3v) is 3.32. The van der Waals surface area contributed by atoms with E-state index in [1.54, 1.807) is 0 Å². The molecule has 0 spiro atoms. The Balaban J connectivity index is 3.58. The van der Waals surface area contributed by atoms with Crippen molar-refractivity contribution in [1.29, 1.82) is 0 Å². The summed E-state index contributed by atoms with van der Waals surface area (Å²) in [5.41, 5.74) is 0. The number of carbonyl (C=O) groups excluding carboxylic acids is 2. The summed E-state index contributed by atoms with van der Waals surface area (Å²) in [5.74, 6) is 0.484. The topological polar surface area (TPSA) is 55.4 Å². The molecule has 0 fully saturated rings. The Hall–Kier alpha value is -1.06. The van der Waals surface area contributed by atoms with Crippen LogP contribution in [0, 0.1) is 5.92 Å². The molecule has 0 saturated carbocycles. The van der Waals surface area contributed by atoms with Crippen molar-refractivity contribution in [2.45, 2.75) is 78.7 Å². The highest BCUT2D eigenvalue weighted by atomic mass is 16.5. The van der Waals surface area contributed by atoms with E-state index < -0.39 is 0 Å². The number of hydrogen-bond acceptors (Lipinski definition) is 3. The predicted molar refractivity (Wildman–Crippen MR) is 81.4 cm³/mol. The van der Waals surface area contributed by atoms with Crippen molar-refractivity contribution in [2.24, 2.45) is 5.92 Å². The van der Waals surface area contributed by atoms with Crippen LogP contribution in [0.3, 0.4) is 0 Å². The average molecular weight is 285 g/mol. The van der Waals surface area contributed by atoms with Gasteiger partial charge in [0, 0.05) is 18.9 Å².